The number of carbonyl (C=O) groups is 1. The molecule has 53 heavy (non-hydrogen) atoms. The second kappa shape index (κ2) is 20.4. The highest BCUT2D eigenvalue weighted by Crippen LogP contribution is 2.38. The van der Waals surface area contributed by atoms with Crippen LogP contribution in [0.5, 0.6) is 0 Å². The molecule has 15 nitrogen and oxygen atoms in total. The van der Waals surface area contributed by atoms with Gasteiger partial charge in [0.1, 0.15) is 29.4 Å². The smallest absolute Gasteiger partial charge is 0.311 e. The normalized spacial score (nSPS) is 40.2. The number of aromatic nitrogens is 1. The maximum absolute atomic E-state index is 13.5. The first-order valence-electron chi connectivity index (χ1n) is 19.0. The summed E-state index contributed by atoms with van der Waals surface area (Å²) in [5.74, 6) is -4.09. The standard InChI is InChI=1S/C37H67N5O10S/c1-11-27-37(8,48)32(45)23(4)29(41-49-16-14-38-12-13-39-20-28-40-15-17-53-28)21(2)19-36(7,47)33(24(5)30(43)25(6)34(46)51-27)52-35-31(44)26(42(9)10)18-22(3)50-35/h15,17,21-27,30-33,35,38-39,43-45,47-48H,11-14,16,18-20H2,1-10H3/t21-,22-,23+,24+,25-,26?,27-,30+,31+,32+,33+,35+,36-,37-/m1/s1. The summed E-state index contributed by atoms with van der Waals surface area (Å²) in [6, 6.07) is -0.286. The number of aliphatic hydroxyl groups is 5. The number of hydrogen-bond acceptors (Lipinski definition) is 16. The van der Waals surface area contributed by atoms with E-state index < -0.39 is 77.7 Å². The van der Waals surface area contributed by atoms with E-state index in [2.05, 4.69) is 20.8 Å². The van der Waals surface area contributed by atoms with E-state index in [1.165, 1.54) is 13.8 Å². The van der Waals surface area contributed by atoms with Crippen molar-refractivity contribution < 1.29 is 49.4 Å². The van der Waals surface area contributed by atoms with E-state index in [1.807, 2.05) is 38.2 Å². The van der Waals surface area contributed by atoms with Crippen LogP contribution >= 0.6 is 11.3 Å². The Morgan fingerprint density at radius 3 is 2.34 bits per heavy atom. The summed E-state index contributed by atoms with van der Waals surface area (Å²) < 4.78 is 18.3. The van der Waals surface area contributed by atoms with E-state index in [1.54, 1.807) is 45.2 Å². The molecule has 0 bridgehead atoms. The van der Waals surface area contributed by atoms with Crippen molar-refractivity contribution in [1.82, 2.24) is 20.5 Å². The van der Waals surface area contributed by atoms with Crippen LogP contribution in [0.1, 0.15) is 79.7 Å². The molecule has 1 unspecified atom stereocenters. The van der Waals surface area contributed by atoms with Gasteiger partial charge >= 0.3 is 5.97 Å². The highest BCUT2D eigenvalue weighted by molar-refractivity contribution is 7.09. The van der Waals surface area contributed by atoms with E-state index in [-0.39, 0.29) is 31.6 Å². The van der Waals surface area contributed by atoms with Crippen LogP contribution in [0.25, 0.3) is 0 Å². The van der Waals surface area contributed by atoms with Gasteiger partial charge in [-0.3, -0.25) is 4.79 Å². The fraction of sp³-hybridized carbons (Fsp3) is 0.865. The van der Waals surface area contributed by atoms with Gasteiger partial charge in [0.05, 0.1) is 41.6 Å². The van der Waals surface area contributed by atoms with E-state index in [0.717, 1.165) is 11.6 Å². The van der Waals surface area contributed by atoms with Crippen molar-refractivity contribution in [3.8, 4) is 0 Å². The second-order valence-electron chi connectivity index (χ2n) is 15.7. The summed E-state index contributed by atoms with van der Waals surface area (Å²) >= 11 is 1.60. The first-order valence-corrected chi connectivity index (χ1v) is 19.9. The Morgan fingerprint density at radius 1 is 1.04 bits per heavy atom. The zero-order chi connectivity index (χ0) is 39.7. The van der Waals surface area contributed by atoms with Crippen LogP contribution in [0.2, 0.25) is 0 Å². The maximum atomic E-state index is 13.5. The minimum Gasteiger partial charge on any atom is -0.459 e. The Labute approximate surface area is 319 Å². The summed E-state index contributed by atoms with van der Waals surface area (Å²) in [5.41, 5.74) is -3.23. The number of rotatable bonds is 13. The third-order valence-corrected chi connectivity index (χ3v) is 11.7. The first-order chi connectivity index (χ1) is 24.8. The number of esters is 1. The highest BCUT2D eigenvalue weighted by atomic mass is 32.1. The van der Waals surface area contributed by atoms with Crippen LogP contribution in [-0.4, -0.2) is 148 Å². The molecule has 2 fully saturated rings. The Kier molecular flexibility index (Phi) is 17.5. The molecule has 1 aromatic heterocycles. The minimum absolute atomic E-state index is 0.0185. The van der Waals surface area contributed by atoms with Crippen LogP contribution in [0.4, 0.5) is 0 Å². The molecular weight excluding hydrogens is 706 g/mol. The lowest BCUT2D eigenvalue weighted by Gasteiger charge is -2.47. The molecule has 16 heteroatoms. The molecule has 0 amide bonds. The minimum atomic E-state index is -1.90. The molecule has 14 atom stereocenters. The number of thiazole rings is 1. The Balaban J connectivity index is 1.90. The molecule has 0 radical (unpaired) electrons. The quantitative estimate of drug-likeness (QED) is 0.0862. The van der Waals surface area contributed by atoms with Crippen molar-refractivity contribution in [3.05, 3.63) is 16.6 Å². The van der Waals surface area contributed by atoms with Crippen LogP contribution in [0.3, 0.4) is 0 Å². The number of oxime groups is 1. The summed E-state index contributed by atoms with van der Waals surface area (Å²) in [4.78, 5) is 25.4. The molecule has 3 rings (SSSR count). The number of likely N-dealkylation sites (N-methyl/N-ethyl adjacent to an activating group) is 1. The average Bonchev–Trinajstić information content (AvgIpc) is 3.62. The van der Waals surface area contributed by atoms with Crippen LogP contribution < -0.4 is 10.6 Å². The number of nitrogens with one attached hydrogen (secondary N) is 2. The molecule has 2 aliphatic heterocycles. The average molecular weight is 774 g/mol. The predicted octanol–water partition coefficient (Wildman–Crippen LogP) is 1.50. The third kappa shape index (κ3) is 12.1. The Bertz CT molecular complexity index is 1270. The molecule has 0 spiro atoms. The van der Waals surface area contributed by atoms with Crippen LogP contribution in [0, 0.1) is 23.7 Å². The van der Waals surface area contributed by atoms with Gasteiger partial charge < -0.3 is 60.1 Å². The first kappa shape index (κ1) is 45.6. The van der Waals surface area contributed by atoms with Crippen molar-refractivity contribution in [2.75, 3.05) is 40.3 Å². The number of carbonyl (C=O) groups excluding carboxylic acids is 1. The lowest BCUT2D eigenvalue weighted by molar-refractivity contribution is -0.298. The SMILES string of the molecule is CC[C@H]1OC(=O)[C@H](C)[C@@H](O)[C@H](C)[C@H](O[C@@H]2O[C@H](C)CC(N(C)C)[C@@H]2O)[C@](C)(O)C[C@@H](C)C(=NOCCNCCNCc2nccs2)[C@H](C)[C@H](O)[C@]1(C)O. The van der Waals surface area contributed by atoms with Crippen molar-refractivity contribution in [3.63, 3.8) is 0 Å². The summed E-state index contributed by atoms with van der Waals surface area (Å²) in [6.07, 6.45) is -5.00. The molecule has 2 aliphatic rings. The van der Waals surface area contributed by atoms with Gasteiger partial charge in [0, 0.05) is 61.6 Å². The van der Waals surface area contributed by atoms with Gasteiger partial charge in [0.2, 0.25) is 0 Å². The molecule has 0 aliphatic carbocycles. The Hall–Kier alpha value is -1.83. The summed E-state index contributed by atoms with van der Waals surface area (Å²) in [6.45, 7) is 16.1. The number of cyclic esters (lactones) is 1. The molecule has 0 aromatic carbocycles. The molecule has 7 N–H and O–H groups in total. The van der Waals surface area contributed by atoms with Crippen molar-refractivity contribution in [2.45, 2.75) is 141 Å². The van der Waals surface area contributed by atoms with Gasteiger partial charge in [0.25, 0.3) is 0 Å². The van der Waals surface area contributed by atoms with Gasteiger partial charge in [-0.25, -0.2) is 4.98 Å². The van der Waals surface area contributed by atoms with Crippen molar-refractivity contribution in [1.29, 1.82) is 0 Å². The molecular formula is C37H67N5O10S. The van der Waals surface area contributed by atoms with Crippen LogP contribution in [-0.2, 0) is 30.4 Å². The second-order valence-corrected chi connectivity index (χ2v) is 16.7. The molecule has 2 saturated heterocycles. The van der Waals surface area contributed by atoms with Gasteiger partial charge in [-0.1, -0.05) is 32.9 Å². The number of aliphatic hydroxyl groups excluding tert-OH is 3. The topological polar surface area (TPSA) is 208 Å². The van der Waals surface area contributed by atoms with Gasteiger partial charge in [-0.2, -0.15) is 0 Å². The zero-order valence-electron chi connectivity index (χ0n) is 33.3. The molecule has 1 aromatic rings. The maximum Gasteiger partial charge on any atom is 0.311 e. The van der Waals surface area contributed by atoms with Crippen molar-refractivity contribution >= 4 is 23.0 Å². The van der Waals surface area contributed by atoms with E-state index >= 15 is 0 Å². The number of nitrogens with zero attached hydrogens (tertiary/aromatic N) is 3. The van der Waals surface area contributed by atoms with E-state index in [4.69, 9.17) is 19.0 Å². The number of ether oxygens (including phenoxy) is 3. The molecule has 3 heterocycles. The van der Waals surface area contributed by atoms with E-state index in [0.29, 0.717) is 31.8 Å². The zero-order valence-corrected chi connectivity index (χ0v) is 34.1. The van der Waals surface area contributed by atoms with Crippen LogP contribution in [0.15, 0.2) is 16.7 Å². The monoisotopic (exact) mass is 773 g/mol. The molecule has 306 valence electrons. The third-order valence-electron chi connectivity index (χ3n) is 10.9. The van der Waals surface area contributed by atoms with Gasteiger partial charge in [-0.05, 0) is 61.1 Å². The lowest BCUT2D eigenvalue weighted by Crippen LogP contribution is -2.60. The summed E-state index contributed by atoms with van der Waals surface area (Å²) in [7, 11) is 3.72. The fourth-order valence-electron chi connectivity index (χ4n) is 7.67. The van der Waals surface area contributed by atoms with Crippen molar-refractivity contribution in [2.24, 2.45) is 28.8 Å². The predicted molar refractivity (Wildman–Crippen MR) is 202 cm³/mol. The molecule has 0 saturated carbocycles. The highest BCUT2D eigenvalue weighted by Gasteiger charge is 2.51. The van der Waals surface area contributed by atoms with Gasteiger partial charge in [0.15, 0.2) is 6.29 Å². The summed E-state index contributed by atoms with van der Waals surface area (Å²) in [5, 5.41) is 72.7. The number of hydrogen-bond donors (Lipinski definition) is 7. The Morgan fingerprint density at radius 2 is 1.72 bits per heavy atom. The lowest BCUT2D eigenvalue weighted by atomic mass is 9.73. The largest absolute Gasteiger partial charge is 0.459 e. The van der Waals surface area contributed by atoms with E-state index in [9.17, 15) is 30.3 Å². The fourth-order valence-corrected chi connectivity index (χ4v) is 8.26. The van der Waals surface area contributed by atoms with Gasteiger partial charge in [-0.15, -0.1) is 11.3 Å².